The number of rotatable bonds is 6. The van der Waals surface area contributed by atoms with Crippen LogP contribution in [0.5, 0.6) is 5.88 Å². The predicted molar refractivity (Wildman–Crippen MR) is 64.5 cm³/mol. The Balaban J connectivity index is 2.02. The zero-order chi connectivity index (χ0) is 11.4. The first kappa shape index (κ1) is 11.4. The van der Waals surface area contributed by atoms with Gasteiger partial charge in [-0.15, -0.1) is 0 Å². The number of hydrogen-bond acceptors (Lipinski definition) is 3. The monoisotopic (exact) mass is 220 g/mol. The summed E-state index contributed by atoms with van der Waals surface area (Å²) in [4.78, 5) is 4.32. The van der Waals surface area contributed by atoms with E-state index in [1.54, 1.807) is 6.20 Å². The van der Waals surface area contributed by atoms with Gasteiger partial charge in [0.15, 0.2) is 0 Å². The third kappa shape index (κ3) is 2.95. The average molecular weight is 220 g/mol. The minimum atomic E-state index is 0.299. The van der Waals surface area contributed by atoms with E-state index in [4.69, 9.17) is 4.74 Å². The summed E-state index contributed by atoms with van der Waals surface area (Å²) >= 11 is 0. The van der Waals surface area contributed by atoms with Crippen LogP contribution in [-0.4, -0.2) is 18.1 Å². The molecular formula is C13H20N2O. The molecule has 1 saturated carbocycles. The van der Waals surface area contributed by atoms with Crippen LogP contribution in [0.1, 0.15) is 38.3 Å². The lowest BCUT2D eigenvalue weighted by Crippen LogP contribution is -2.19. The highest BCUT2D eigenvalue weighted by molar-refractivity contribution is 5.28. The summed E-state index contributed by atoms with van der Waals surface area (Å²) in [6.45, 7) is 6.03. The molecule has 0 saturated heterocycles. The Morgan fingerprint density at radius 1 is 1.56 bits per heavy atom. The third-order valence-corrected chi connectivity index (χ3v) is 2.93. The number of nitrogens with one attached hydrogen (secondary N) is 1. The van der Waals surface area contributed by atoms with Gasteiger partial charge in [0.05, 0.1) is 6.61 Å². The number of pyridine rings is 1. The van der Waals surface area contributed by atoms with Gasteiger partial charge in [0.1, 0.15) is 0 Å². The van der Waals surface area contributed by atoms with E-state index in [0.29, 0.717) is 6.04 Å². The van der Waals surface area contributed by atoms with Crippen molar-refractivity contribution in [3.8, 4) is 5.88 Å². The Hall–Kier alpha value is -1.09. The molecule has 1 fully saturated rings. The molecule has 0 aromatic carbocycles. The number of hydrogen-bond donors (Lipinski definition) is 1. The lowest BCUT2D eigenvalue weighted by Gasteiger charge is -2.16. The lowest BCUT2D eigenvalue weighted by atomic mass is 10.1. The molecule has 88 valence electrons. The molecule has 1 atom stereocenters. The molecule has 1 unspecified atom stereocenters. The number of aromatic nitrogens is 1. The van der Waals surface area contributed by atoms with Gasteiger partial charge in [-0.3, -0.25) is 0 Å². The van der Waals surface area contributed by atoms with E-state index in [0.717, 1.165) is 30.5 Å². The summed E-state index contributed by atoms with van der Waals surface area (Å²) in [7, 11) is 0. The average Bonchev–Trinajstić information content (AvgIpc) is 3.11. The molecule has 0 amide bonds. The normalized spacial score (nSPS) is 17.1. The molecule has 1 aliphatic carbocycles. The SMILES string of the molecule is CCNC(C)c1cccnc1OCC1CC1. The second kappa shape index (κ2) is 5.30. The Labute approximate surface area is 97.2 Å². The second-order valence-electron chi connectivity index (χ2n) is 4.43. The van der Waals surface area contributed by atoms with Gasteiger partial charge in [-0.1, -0.05) is 13.0 Å². The van der Waals surface area contributed by atoms with Crippen LogP contribution in [0.15, 0.2) is 18.3 Å². The highest BCUT2D eigenvalue weighted by atomic mass is 16.5. The number of nitrogens with zero attached hydrogens (tertiary/aromatic N) is 1. The zero-order valence-corrected chi connectivity index (χ0v) is 10.1. The van der Waals surface area contributed by atoms with Crippen molar-refractivity contribution in [3.05, 3.63) is 23.9 Å². The molecule has 3 nitrogen and oxygen atoms in total. The van der Waals surface area contributed by atoms with Gasteiger partial charge in [-0.2, -0.15) is 0 Å². The van der Waals surface area contributed by atoms with Crippen molar-refractivity contribution in [2.75, 3.05) is 13.2 Å². The maximum absolute atomic E-state index is 5.78. The molecule has 0 spiro atoms. The molecule has 1 aliphatic rings. The summed E-state index contributed by atoms with van der Waals surface area (Å²) in [6, 6.07) is 4.35. The summed E-state index contributed by atoms with van der Waals surface area (Å²) in [5.74, 6) is 1.56. The predicted octanol–water partition coefficient (Wildman–Crippen LogP) is 2.54. The number of ether oxygens (including phenoxy) is 1. The Morgan fingerprint density at radius 2 is 2.38 bits per heavy atom. The first-order valence-corrected chi connectivity index (χ1v) is 6.12. The largest absolute Gasteiger partial charge is 0.477 e. The van der Waals surface area contributed by atoms with Crippen LogP contribution in [0.4, 0.5) is 0 Å². The summed E-state index contributed by atoms with van der Waals surface area (Å²) in [6.07, 6.45) is 4.42. The minimum absolute atomic E-state index is 0.299. The van der Waals surface area contributed by atoms with E-state index in [2.05, 4.69) is 30.2 Å². The van der Waals surface area contributed by atoms with Crippen LogP contribution in [0.2, 0.25) is 0 Å². The fraction of sp³-hybridized carbons (Fsp3) is 0.615. The molecule has 16 heavy (non-hydrogen) atoms. The maximum Gasteiger partial charge on any atom is 0.218 e. The molecule has 2 rings (SSSR count). The third-order valence-electron chi connectivity index (χ3n) is 2.93. The van der Waals surface area contributed by atoms with Crippen molar-refractivity contribution in [2.45, 2.75) is 32.7 Å². The van der Waals surface area contributed by atoms with E-state index in [-0.39, 0.29) is 0 Å². The summed E-state index contributed by atoms with van der Waals surface area (Å²) in [5, 5.41) is 3.39. The van der Waals surface area contributed by atoms with E-state index in [1.807, 2.05) is 6.07 Å². The van der Waals surface area contributed by atoms with Crippen LogP contribution in [0.25, 0.3) is 0 Å². The maximum atomic E-state index is 5.78. The molecule has 1 aromatic rings. The molecule has 1 aromatic heterocycles. The van der Waals surface area contributed by atoms with Gasteiger partial charge < -0.3 is 10.1 Å². The standard InChI is InChI=1S/C13H20N2O/c1-3-14-10(2)12-5-4-8-15-13(12)16-9-11-6-7-11/h4-5,8,10-11,14H,3,6-7,9H2,1-2H3. The molecule has 1 N–H and O–H groups in total. The summed E-state index contributed by atoms with van der Waals surface area (Å²) in [5.41, 5.74) is 1.16. The van der Waals surface area contributed by atoms with Crippen LogP contribution in [0, 0.1) is 5.92 Å². The quantitative estimate of drug-likeness (QED) is 0.800. The van der Waals surface area contributed by atoms with Crippen molar-refractivity contribution >= 4 is 0 Å². The summed E-state index contributed by atoms with van der Waals surface area (Å²) < 4.78 is 5.78. The fourth-order valence-electron chi connectivity index (χ4n) is 1.75. The Bertz CT molecular complexity index is 336. The van der Waals surface area contributed by atoms with Crippen LogP contribution >= 0.6 is 0 Å². The van der Waals surface area contributed by atoms with Crippen LogP contribution in [0.3, 0.4) is 0 Å². The van der Waals surface area contributed by atoms with Crippen molar-refractivity contribution in [3.63, 3.8) is 0 Å². The highest BCUT2D eigenvalue weighted by Crippen LogP contribution is 2.30. The molecule has 0 bridgehead atoms. The lowest BCUT2D eigenvalue weighted by molar-refractivity contribution is 0.282. The molecule has 0 aliphatic heterocycles. The van der Waals surface area contributed by atoms with Crippen molar-refractivity contribution < 1.29 is 4.74 Å². The fourth-order valence-corrected chi connectivity index (χ4v) is 1.75. The molecular weight excluding hydrogens is 200 g/mol. The topological polar surface area (TPSA) is 34.2 Å². The van der Waals surface area contributed by atoms with Crippen molar-refractivity contribution in [1.29, 1.82) is 0 Å². The first-order valence-electron chi connectivity index (χ1n) is 6.12. The van der Waals surface area contributed by atoms with E-state index in [9.17, 15) is 0 Å². The van der Waals surface area contributed by atoms with Crippen LogP contribution in [-0.2, 0) is 0 Å². The zero-order valence-electron chi connectivity index (χ0n) is 10.1. The first-order chi connectivity index (χ1) is 7.81. The van der Waals surface area contributed by atoms with Gasteiger partial charge in [0.25, 0.3) is 0 Å². The van der Waals surface area contributed by atoms with E-state index >= 15 is 0 Å². The minimum Gasteiger partial charge on any atom is -0.477 e. The Morgan fingerprint density at radius 3 is 3.06 bits per heavy atom. The molecule has 3 heteroatoms. The molecule has 0 radical (unpaired) electrons. The van der Waals surface area contributed by atoms with Crippen molar-refractivity contribution in [1.82, 2.24) is 10.3 Å². The van der Waals surface area contributed by atoms with Crippen LogP contribution < -0.4 is 10.1 Å². The van der Waals surface area contributed by atoms with E-state index in [1.165, 1.54) is 12.8 Å². The van der Waals surface area contributed by atoms with Gasteiger partial charge in [-0.05, 0) is 38.3 Å². The second-order valence-corrected chi connectivity index (χ2v) is 4.43. The molecule has 1 heterocycles. The van der Waals surface area contributed by atoms with Gasteiger partial charge >= 0.3 is 0 Å². The van der Waals surface area contributed by atoms with Gasteiger partial charge in [0, 0.05) is 17.8 Å². The highest BCUT2D eigenvalue weighted by Gasteiger charge is 2.23. The Kier molecular flexibility index (Phi) is 3.78. The van der Waals surface area contributed by atoms with Crippen molar-refractivity contribution in [2.24, 2.45) is 5.92 Å². The van der Waals surface area contributed by atoms with Gasteiger partial charge in [-0.25, -0.2) is 4.98 Å². The van der Waals surface area contributed by atoms with Gasteiger partial charge in [0.2, 0.25) is 5.88 Å². The van der Waals surface area contributed by atoms with E-state index < -0.39 is 0 Å². The smallest absolute Gasteiger partial charge is 0.218 e.